The van der Waals surface area contributed by atoms with Crippen LogP contribution in [0.5, 0.6) is 0 Å². The third kappa shape index (κ3) is 7.03. The molecule has 0 saturated heterocycles. The van der Waals surface area contributed by atoms with Gasteiger partial charge in [0.2, 0.25) is 11.8 Å². The van der Waals surface area contributed by atoms with Gasteiger partial charge in [0.15, 0.2) is 5.76 Å². The van der Waals surface area contributed by atoms with Crippen LogP contribution in [0.4, 0.5) is 4.39 Å². The highest BCUT2D eigenvalue weighted by Crippen LogP contribution is 2.09. The van der Waals surface area contributed by atoms with Crippen molar-refractivity contribution in [2.24, 2.45) is 0 Å². The van der Waals surface area contributed by atoms with E-state index in [-0.39, 0.29) is 49.4 Å². The van der Waals surface area contributed by atoms with Gasteiger partial charge in [-0.1, -0.05) is 42.5 Å². The maximum absolute atomic E-state index is 13.3. The molecule has 3 aromatic rings. The lowest BCUT2D eigenvalue weighted by Gasteiger charge is -2.26. The van der Waals surface area contributed by atoms with Crippen molar-refractivity contribution in [1.29, 1.82) is 0 Å². The Labute approximate surface area is 191 Å². The van der Waals surface area contributed by atoms with Crippen LogP contribution in [0.15, 0.2) is 77.4 Å². The van der Waals surface area contributed by atoms with Gasteiger partial charge in [-0.15, -0.1) is 0 Å². The van der Waals surface area contributed by atoms with Gasteiger partial charge in [0.1, 0.15) is 11.9 Å². The van der Waals surface area contributed by atoms with Crippen LogP contribution in [0.3, 0.4) is 0 Å². The molecule has 1 atom stereocenters. The second-order valence-corrected chi connectivity index (χ2v) is 7.45. The number of hydrogen-bond donors (Lipinski definition) is 2. The van der Waals surface area contributed by atoms with Crippen LogP contribution in [0.2, 0.25) is 0 Å². The van der Waals surface area contributed by atoms with E-state index >= 15 is 0 Å². The molecule has 0 bridgehead atoms. The summed E-state index contributed by atoms with van der Waals surface area (Å²) in [6, 6.07) is 17.3. The minimum Gasteiger partial charge on any atom is -0.459 e. The molecular formula is C25H26FN3O4. The first-order valence-corrected chi connectivity index (χ1v) is 10.6. The van der Waals surface area contributed by atoms with Gasteiger partial charge >= 0.3 is 0 Å². The van der Waals surface area contributed by atoms with Gasteiger partial charge < -0.3 is 20.0 Å². The number of amides is 3. The molecule has 2 aromatic carbocycles. The minimum absolute atomic E-state index is 0.0981. The molecule has 33 heavy (non-hydrogen) atoms. The summed E-state index contributed by atoms with van der Waals surface area (Å²) in [7, 11) is 0. The number of benzene rings is 2. The highest BCUT2D eigenvalue weighted by molar-refractivity contribution is 5.96. The largest absolute Gasteiger partial charge is 0.459 e. The molecular weight excluding hydrogens is 425 g/mol. The second kappa shape index (κ2) is 11.6. The van der Waals surface area contributed by atoms with Gasteiger partial charge in [0.05, 0.1) is 12.8 Å². The lowest BCUT2D eigenvalue weighted by atomic mass is 10.0. The fraction of sp³-hybridized carbons (Fsp3) is 0.240. The standard InChI is InChI=1S/C25H26FN3O4/c1-2-29(17-23(30)27-16-19-10-12-20(26)13-11-19)25(32)21(15-18-7-4-3-5-8-18)28-24(31)22-9-6-14-33-22/h3-14,21H,2,15-17H2,1H3,(H,27,30)(H,28,31)/t21-/m0/s1. The smallest absolute Gasteiger partial charge is 0.287 e. The molecule has 0 saturated carbocycles. The average Bonchev–Trinajstić information content (AvgIpc) is 3.37. The molecule has 0 aliphatic carbocycles. The topological polar surface area (TPSA) is 91.7 Å². The van der Waals surface area contributed by atoms with Crippen molar-refractivity contribution in [2.75, 3.05) is 13.1 Å². The molecule has 0 aliphatic heterocycles. The maximum atomic E-state index is 13.3. The summed E-state index contributed by atoms with van der Waals surface area (Å²) in [5.74, 6) is -1.50. The molecule has 2 N–H and O–H groups in total. The Morgan fingerprint density at radius 3 is 2.33 bits per heavy atom. The quantitative estimate of drug-likeness (QED) is 0.496. The molecule has 7 nitrogen and oxygen atoms in total. The first-order chi connectivity index (χ1) is 16.0. The number of carbonyl (C=O) groups is 3. The number of rotatable bonds is 10. The summed E-state index contributed by atoms with van der Waals surface area (Å²) in [6.07, 6.45) is 1.65. The number of likely N-dealkylation sites (N-methyl/N-ethyl adjacent to an activating group) is 1. The number of nitrogens with one attached hydrogen (secondary N) is 2. The highest BCUT2D eigenvalue weighted by atomic mass is 19.1. The predicted molar refractivity (Wildman–Crippen MR) is 121 cm³/mol. The number of furan rings is 1. The van der Waals surface area contributed by atoms with Crippen molar-refractivity contribution in [1.82, 2.24) is 15.5 Å². The molecule has 0 radical (unpaired) electrons. The fourth-order valence-corrected chi connectivity index (χ4v) is 3.29. The summed E-state index contributed by atoms with van der Waals surface area (Å²) in [5, 5.41) is 5.46. The molecule has 1 heterocycles. The van der Waals surface area contributed by atoms with E-state index < -0.39 is 11.9 Å². The van der Waals surface area contributed by atoms with Gasteiger partial charge in [0.25, 0.3) is 5.91 Å². The lowest BCUT2D eigenvalue weighted by Crippen LogP contribution is -2.51. The Hall–Kier alpha value is -3.94. The first kappa shape index (κ1) is 23.7. The fourth-order valence-electron chi connectivity index (χ4n) is 3.29. The van der Waals surface area contributed by atoms with Crippen LogP contribution >= 0.6 is 0 Å². The number of carbonyl (C=O) groups excluding carboxylic acids is 3. The van der Waals surface area contributed by atoms with Crippen LogP contribution in [-0.4, -0.2) is 41.8 Å². The van der Waals surface area contributed by atoms with Crippen molar-refractivity contribution >= 4 is 17.7 Å². The van der Waals surface area contributed by atoms with E-state index in [0.29, 0.717) is 0 Å². The minimum atomic E-state index is -0.880. The van der Waals surface area contributed by atoms with Crippen molar-refractivity contribution in [3.05, 3.63) is 95.7 Å². The molecule has 3 rings (SSSR count). The molecule has 0 aliphatic rings. The van der Waals surface area contributed by atoms with Crippen LogP contribution in [0.1, 0.15) is 28.6 Å². The van der Waals surface area contributed by atoms with Crippen molar-refractivity contribution in [2.45, 2.75) is 25.9 Å². The number of hydrogen-bond acceptors (Lipinski definition) is 4. The van der Waals surface area contributed by atoms with E-state index in [4.69, 9.17) is 4.42 Å². The molecule has 0 spiro atoms. The Morgan fingerprint density at radius 1 is 0.970 bits per heavy atom. The predicted octanol–water partition coefficient (Wildman–Crippen LogP) is 2.92. The monoisotopic (exact) mass is 451 g/mol. The average molecular weight is 451 g/mol. The van der Waals surface area contributed by atoms with E-state index in [1.54, 1.807) is 25.1 Å². The normalized spacial score (nSPS) is 11.5. The van der Waals surface area contributed by atoms with Gasteiger partial charge in [-0.2, -0.15) is 0 Å². The van der Waals surface area contributed by atoms with E-state index in [1.165, 1.54) is 29.4 Å². The summed E-state index contributed by atoms with van der Waals surface area (Å²) in [4.78, 5) is 39.7. The summed E-state index contributed by atoms with van der Waals surface area (Å²) >= 11 is 0. The molecule has 3 amide bonds. The van der Waals surface area contributed by atoms with Gasteiger partial charge in [-0.25, -0.2) is 4.39 Å². The zero-order valence-corrected chi connectivity index (χ0v) is 18.3. The Bertz CT molecular complexity index is 1050. The first-order valence-electron chi connectivity index (χ1n) is 10.6. The van der Waals surface area contributed by atoms with E-state index in [0.717, 1.165) is 11.1 Å². The van der Waals surface area contributed by atoms with Crippen LogP contribution < -0.4 is 10.6 Å². The zero-order chi connectivity index (χ0) is 23.6. The van der Waals surface area contributed by atoms with E-state index in [2.05, 4.69) is 10.6 Å². The number of nitrogens with zero attached hydrogens (tertiary/aromatic N) is 1. The van der Waals surface area contributed by atoms with Gasteiger partial charge in [-0.05, 0) is 42.3 Å². The SMILES string of the molecule is CCN(CC(=O)NCc1ccc(F)cc1)C(=O)[C@H](Cc1ccccc1)NC(=O)c1ccco1. The summed E-state index contributed by atoms with van der Waals surface area (Å²) in [6.45, 7) is 2.09. The number of halogens is 1. The lowest BCUT2D eigenvalue weighted by molar-refractivity contribution is -0.137. The van der Waals surface area contributed by atoms with Crippen molar-refractivity contribution < 1.29 is 23.2 Å². The molecule has 8 heteroatoms. The maximum Gasteiger partial charge on any atom is 0.287 e. The summed E-state index contributed by atoms with van der Waals surface area (Å²) in [5.41, 5.74) is 1.61. The Balaban J connectivity index is 1.66. The second-order valence-electron chi connectivity index (χ2n) is 7.45. The Kier molecular flexibility index (Phi) is 8.35. The van der Waals surface area contributed by atoms with Crippen LogP contribution in [-0.2, 0) is 22.6 Å². The molecule has 172 valence electrons. The van der Waals surface area contributed by atoms with Crippen LogP contribution in [0.25, 0.3) is 0 Å². The zero-order valence-electron chi connectivity index (χ0n) is 18.3. The van der Waals surface area contributed by atoms with E-state index in [9.17, 15) is 18.8 Å². The Morgan fingerprint density at radius 2 is 1.70 bits per heavy atom. The van der Waals surface area contributed by atoms with Gasteiger partial charge in [0, 0.05) is 19.5 Å². The third-order valence-electron chi connectivity index (χ3n) is 5.06. The highest BCUT2D eigenvalue weighted by Gasteiger charge is 2.28. The van der Waals surface area contributed by atoms with Crippen molar-refractivity contribution in [3.8, 4) is 0 Å². The summed E-state index contributed by atoms with van der Waals surface area (Å²) < 4.78 is 18.2. The van der Waals surface area contributed by atoms with E-state index in [1.807, 2.05) is 30.3 Å². The molecule has 0 unspecified atom stereocenters. The third-order valence-corrected chi connectivity index (χ3v) is 5.06. The van der Waals surface area contributed by atoms with Crippen molar-refractivity contribution in [3.63, 3.8) is 0 Å². The molecule has 1 aromatic heterocycles. The van der Waals surface area contributed by atoms with Gasteiger partial charge in [-0.3, -0.25) is 14.4 Å². The molecule has 0 fully saturated rings. The van der Waals surface area contributed by atoms with Crippen LogP contribution in [0, 0.1) is 5.82 Å².